The van der Waals surface area contributed by atoms with Gasteiger partial charge < -0.3 is 0 Å². The predicted octanol–water partition coefficient (Wildman–Crippen LogP) is 0.638. The maximum absolute atomic E-state index is 11.8. The molecule has 0 saturated carbocycles. The van der Waals surface area contributed by atoms with E-state index in [9.17, 15) is 9.59 Å². The monoisotopic (exact) mass is 247 g/mol. The number of rotatable bonds is 2. The maximum Gasteiger partial charge on any atom is 0.243 e. The molecule has 2 saturated heterocycles. The Bertz CT molecular complexity index is 451. The van der Waals surface area contributed by atoms with Gasteiger partial charge in [-0.05, 0) is 18.9 Å². The fraction of sp³-hybridized carbons (Fsp3) is 0.462. The topological polar surface area (TPSA) is 61.8 Å². The van der Waals surface area contributed by atoms with Gasteiger partial charge in [0.2, 0.25) is 11.8 Å². The van der Waals surface area contributed by atoms with E-state index in [1.165, 1.54) is 0 Å². The summed E-state index contributed by atoms with van der Waals surface area (Å²) >= 11 is 0. The van der Waals surface area contributed by atoms with Gasteiger partial charge in [0.15, 0.2) is 0 Å². The molecule has 2 aliphatic rings. The van der Waals surface area contributed by atoms with Crippen molar-refractivity contribution in [2.24, 2.45) is 4.99 Å². The number of nitrogens with zero attached hydrogens (tertiary/aromatic N) is 2. The van der Waals surface area contributed by atoms with E-state index in [1.54, 1.807) is 6.20 Å². The molecule has 1 N–H and O–H groups in total. The molecule has 18 heavy (non-hydrogen) atoms. The zero-order valence-electron chi connectivity index (χ0n) is 10.5. The zero-order valence-corrected chi connectivity index (χ0v) is 10.5. The number of carbonyl (C=O) groups excluding carboxylic acids is 2. The van der Waals surface area contributed by atoms with Gasteiger partial charge in [0, 0.05) is 25.7 Å². The molecule has 5 heteroatoms. The minimum atomic E-state index is -0.238. The minimum absolute atomic E-state index is 0.183. The Morgan fingerprint density at radius 1 is 1.44 bits per heavy atom. The van der Waals surface area contributed by atoms with E-state index < -0.39 is 0 Å². The highest BCUT2D eigenvalue weighted by molar-refractivity contribution is 6.05. The predicted molar refractivity (Wildman–Crippen MR) is 69.1 cm³/mol. The number of allylic oxidation sites excluding steroid dienone is 1. The first-order valence-electron chi connectivity index (χ1n) is 6.05. The van der Waals surface area contributed by atoms with Gasteiger partial charge in [0.1, 0.15) is 0 Å². The molecule has 2 rings (SSSR count). The van der Waals surface area contributed by atoms with E-state index in [1.807, 2.05) is 17.9 Å². The van der Waals surface area contributed by atoms with E-state index in [2.05, 4.69) is 16.9 Å². The summed E-state index contributed by atoms with van der Waals surface area (Å²) in [7, 11) is 0. The molecule has 1 unspecified atom stereocenters. The van der Waals surface area contributed by atoms with E-state index >= 15 is 0 Å². The number of hydrogen-bond donors (Lipinski definition) is 1. The molecule has 2 fully saturated rings. The molecule has 5 nitrogen and oxygen atoms in total. The van der Waals surface area contributed by atoms with Crippen LogP contribution in [0.4, 0.5) is 0 Å². The molecule has 0 aliphatic carbocycles. The molecular formula is C13H17N3O2. The first kappa shape index (κ1) is 12.7. The van der Waals surface area contributed by atoms with Crippen LogP contribution in [-0.2, 0) is 9.59 Å². The van der Waals surface area contributed by atoms with Crippen molar-refractivity contribution in [3.63, 3.8) is 0 Å². The Morgan fingerprint density at radius 2 is 2.22 bits per heavy atom. The fourth-order valence-electron chi connectivity index (χ4n) is 2.24. The summed E-state index contributed by atoms with van der Waals surface area (Å²) in [6.45, 7) is 7.13. The second kappa shape index (κ2) is 5.27. The lowest BCUT2D eigenvalue weighted by atomic mass is 10.1. The Kier molecular flexibility index (Phi) is 3.72. The van der Waals surface area contributed by atoms with Crippen LogP contribution in [0.1, 0.15) is 19.8 Å². The van der Waals surface area contributed by atoms with E-state index in [4.69, 9.17) is 0 Å². The van der Waals surface area contributed by atoms with Crippen LogP contribution in [0.25, 0.3) is 0 Å². The van der Waals surface area contributed by atoms with Gasteiger partial charge in [-0.15, -0.1) is 0 Å². The van der Waals surface area contributed by atoms with Gasteiger partial charge >= 0.3 is 0 Å². The van der Waals surface area contributed by atoms with Crippen molar-refractivity contribution < 1.29 is 9.59 Å². The summed E-state index contributed by atoms with van der Waals surface area (Å²) < 4.78 is 0. The van der Waals surface area contributed by atoms with Crippen LogP contribution in [0, 0.1) is 0 Å². The van der Waals surface area contributed by atoms with Crippen molar-refractivity contribution in [1.29, 1.82) is 0 Å². The van der Waals surface area contributed by atoms with Crippen molar-refractivity contribution >= 4 is 17.5 Å². The molecule has 2 aliphatic heterocycles. The summed E-state index contributed by atoms with van der Waals surface area (Å²) in [5, 5.41) is 2.38. The van der Waals surface area contributed by atoms with Gasteiger partial charge in [0.05, 0.1) is 11.8 Å². The van der Waals surface area contributed by atoms with Crippen molar-refractivity contribution in [3.8, 4) is 0 Å². The zero-order chi connectivity index (χ0) is 13.1. The lowest BCUT2D eigenvalue weighted by molar-refractivity contribution is -0.137. The average Bonchev–Trinajstić information content (AvgIpc) is 2.68. The summed E-state index contributed by atoms with van der Waals surface area (Å²) in [6, 6.07) is -0.238. The van der Waals surface area contributed by atoms with Crippen LogP contribution in [0.3, 0.4) is 0 Å². The summed E-state index contributed by atoms with van der Waals surface area (Å²) in [6.07, 6.45) is 4.57. The highest BCUT2D eigenvalue weighted by Crippen LogP contribution is 2.19. The number of imide groups is 1. The number of aliphatic imine (C=N–C) groups is 1. The highest BCUT2D eigenvalue weighted by atomic mass is 16.2. The van der Waals surface area contributed by atoms with Gasteiger partial charge in [-0.25, -0.2) is 0 Å². The first-order valence-corrected chi connectivity index (χ1v) is 6.05. The van der Waals surface area contributed by atoms with Crippen LogP contribution >= 0.6 is 0 Å². The van der Waals surface area contributed by atoms with E-state index in [0.717, 1.165) is 11.3 Å². The second-order valence-corrected chi connectivity index (χ2v) is 4.53. The van der Waals surface area contributed by atoms with Gasteiger partial charge in [-0.1, -0.05) is 12.7 Å². The molecule has 1 atom stereocenters. The summed E-state index contributed by atoms with van der Waals surface area (Å²) in [4.78, 5) is 29.2. The number of nitrogens with one attached hydrogen (secondary N) is 1. The third kappa shape index (κ3) is 2.56. The Labute approximate surface area is 106 Å². The first-order chi connectivity index (χ1) is 8.61. The molecule has 0 bridgehead atoms. The number of piperidine rings is 1. The normalized spacial score (nSPS) is 28.4. The molecular weight excluding hydrogens is 230 g/mol. The van der Waals surface area contributed by atoms with Crippen LogP contribution < -0.4 is 5.32 Å². The van der Waals surface area contributed by atoms with Crippen LogP contribution in [0.15, 0.2) is 29.4 Å². The van der Waals surface area contributed by atoms with E-state index in [-0.39, 0.29) is 17.9 Å². The molecule has 0 spiro atoms. The average molecular weight is 247 g/mol. The largest absolute Gasteiger partial charge is 0.295 e. The minimum Gasteiger partial charge on any atom is -0.295 e. The molecule has 0 aromatic carbocycles. The smallest absolute Gasteiger partial charge is 0.243 e. The molecule has 2 heterocycles. The van der Waals surface area contributed by atoms with Crippen molar-refractivity contribution in [2.45, 2.75) is 25.8 Å². The highest BCUT2D eigenvalue weighted by Gasteiger charge is 2.35. The van der Waals surface area contributed by atoms with Gasteiger partial charge in [-0.2, -0.15) is 0 Å². The van der Waals surface area contributed by atoms with Crippen molar-refractivity contribution in [2.75, 3.05) is 13.1 Å². The van der Waals surface area contributed by atoms with E-state index in [0.29, 0.717) is 25.9 Å². The van der Waals surface area contributed by atoms with Crippen LogP contribution in [0.2, 0.25) is 0 Å². The fourth-order valence-corrected chi connectivity index (χ4v) is 2.24. The molecule has 2 amide bonds. The standard InChI is InChI=1S/C13H17N3O2/c1-3-6-14-10-8-16(7-9(10)2)11-4-5-12(17)15-13(11)18/h3,6,11H,2,4-5,7-8H2,1H3,(H,15,17,18)/b6-3-,14-10?. The van der Waals surface area contributed by atoms with Crippen molar-refractivity contribution in [1.82, 2.24) is 10.2 Å². The number of amides is 2. The maximum atomic E-state index is 11.8. The lowest BCUT2D eigenvalue weighted by Gasteiger charge is -2.28. The Morgan fingerprint density at radius 3 is 2.89 bits per heavy atom. The van der Waals surface area contributed by atoms with Crippen LogP contribution in [0.5, 0.6) is 0 Å². The third-order valence-electron chi connectivity index (χ3n) is 3.19. The Balaban J connectivity index is 2.06. The third-order valence-corrected chi connectivity index (χ3v) is 3.19. The van der Waals surface area contributed by atoms with Crippen LogP contribution in [-0.4, -0.2) is 41.6 Å². The van der Waals surface area contributed by atoms with Gasteiger partial charge in [-0.3, -0.25) is 24.8 Å². The molecule has 0 radical (unpaired) electrons. The summed E-state index contributed by atoms with van der Waals surface area (Å²) in [5.74, 6) is -0.386. The van der Waals surface area contributed by atoms with Gasteiger partial charge in [0.25, 0.3) is 0 Å². The Hall–Kier alpha value is -1.75. The molecule has 96 valence electrons. The molecule has 0 aromatic heterocycles. The quantitative estimate of drug-likeness (QED) is 0.728. The van der Waals surface area contributed by atoms with Crippen molar-refractivity contribution in [3.05, 3.63) is 24.4 Å². The second-order valence-electron chi connectivity index (χ2n) is 4.53. The lowest BCUT2D eigenvalue weighted by Crippen LogP contribution is -2.51. The number of likely N-dealkylation sites (tertiary alicyclic amines) is 1. The molecule has 0 aromatic rings. The number of hydrogen-bond acceptors (Lipinski definition) is 4. The SMILES string of the molecule is C=C1CN(C2CCC(=O)NC2=O)CC1=N/C=C\C. The summed E-state index contributed by atoms with van der Waals surface area (Å²) in [5.41, 5.74) is 1.86. The number of carbonyl (C=O) groups is 2.